The Morgan fingerprint density at radius 1 is 1.30 bits per heavy atom. The first-order valence-electron chi connectivity index (χ1n) is 8.72. The Balaban J connectivity index is 2.49. The number of carbonyl (C=O) groups is 4. The zero-order valence-electron chi connectivity index (χ0n) is 16.4. The van der Waals surface area contributed by atoms with Crippen LogP contribution in [0.3, 0.4) is 0 Å². The van der Waals surface area contributed by atoms with Crippen molar-refractivity contribution in [3.05, 3.63) is 11.8 Å². The number of amides is 2. The van der Waals surface area contributed by atoms with Crippen molar-refractivity contribution >= 4 is 30.1 Å². The van der Waals surface area contributed by atoms with E-state index in [0.29, 0.717) is 0 Å². The zero-order valence-corrected chi connectivity index (χ0v) is 16.4. The van der Waals surface area contributed by atoms with Crippen molar-refractivity contribution in [1.29, 1.82) is 5.41 Å². The van der Waals surface area contributed by atoms with Crippen LogP contribution in [0.25, 0.3) is 0 Å². The van der Waals surface area contributed by atoms with Gasteiger partial charge in [0.15, 0.2) is 24.3 Å². The minimum Gasteiger partial charge on any atom is -0.477 e. The average Bonchev–Trinajstić information content (AvgIpc) is 3.11. The normalized spacial score (nSPS) is 26.0. The lowest BCUT2D eigenvalue weighted by Crippen LogP contribution is -2.64. The highest BCUT2D eigenvalue weighted by molar-refractivity contribution is 5.87. The number of alkyl carbamates (subject to hydrolysis) is 1. The lowest BCUT2D eigenvalue weighted by atomic mass is 9.91. The Morgan fingerprint density at radius 2 is 2.00 bits per heavy atom. The molecule has 5 atom stereocenters. The molecular weight excluding hydrogens is 406 g/mol. The van der Waals surface area contributed by atoms with Gasteiger partial charge in [0.2, 0.25) is 11.7 Å². The fourth-order valence-electron chi connectivity index (χ4n) is 2.98. The van der Waals surface area contributed by atoms with Crippen molar-refractivity contribution in [1.82, 2.24) is 16.0 Å². The third-order valence-corrected chi connectivity index (χ3v) is 4.16. The number of rotatable bonds is 6. The minimum atomic E-state index is -1.32. The molecule has 6 N–H and O–H groups in total. The van der Waals surface area contributed by atoms with Gasteiger partial charge in [-0.3, -0.25) is 10.2 Å². The van der Waals surface area contributed by atoms with Crippen LogP contribution < -0.4 is 21.7 Å². The predicted octanol–water partition coefficient (Wildman–Crippen LogP) is -1.94. The second kappa shape index (κ2) is 9.67. The summed E-state index contributed by atoms with van der Waals surface area (Å²) in [6.45, 7) is 0.962. The summed E-state index contributed by atoms with van der Waals surface area (Å²) in [5, 5.41) is 15.0. The van der Waals surface area contributed by atoms with E-state index in [0.717, 1.165) is 7.11 Å². The number of nitrogens with two attached hydrogens (primary N) is 1. The fraction of sp³-hybridized carbons (Fsp3) is 0.562. The Labute approximate surface area is 170 Å². The van der Waals surface area contributed by atoms with Crippen LogP contribution in [0.2, 0.25) is 0 Å². The van der Waals surface area contributed by atoms with Gasteiger partial charge in [-0.05, 0) is 6.08 Å². The molecule has 0 bridgehead atoms. The van der Waals surface area contributed by atoms with Crippen LogP contribution in [0.15, 0.2) is 11.8 Å². The third kappa shape index (κ3) is 5.42. The number of methoxy groups -OCH3 is 1. The van der Waals surface area contributed by atoms with Gasteiger partial charge >= 0.3 is 18.2 Å². The molecule has 2 amide bonds. The quantitative estimate of drug-likeness (QED) is 0.136. The van der Waals surface area contributed by atoms with Crippen LogP contribution in [-0.4, -0.2) is 81.2 Å². The predicted molar refractivity (Wildman–Crippen MR) is 97.0 cm³/mol. The van der Waals surface area contributed by atoms with Crippen LogP contribution in [0.1, 0.15) is 6.92 Å². The Kier molecular flexibility index (Phi) is 7.27. The average molecular weight is 429 g/mol. The third-order valence-electron chi connectivity index (χ3n) is 4.16. The van der Waals surface area contributed by atoms with Crippen LogP contribution in [-0.2, 0) is 33.3 Å². The topological polar surface area (TPSA) is 200 Å². The summed E-state index contributed by atoms with van der Waals surface area (Å²) in [5.74, 6) is -2.11. The van der Waals surface area contributed by atoms with Crippen LogP contribution in [0, 0.1) is 5.41 Å². The molecule has 0 saturated carbocycles. The molecule has 2 heterocycles. The molecule has 2 aliphatic heterocycles. The van der Waals surface area contributed by atoms with Gasteiger partial charge in [0.05, 0.1) is 19.2 Å². The molecule has 0 aromatic heterocycles. The highest BCUT2D eigenvalue weighted by Crippen LogP contribution is 2.28. The number of hydrogen-bond donors (Lipinski definition) is 5. The number of guanidine groups is 1. The van der Waals surface area contributed by atoms with Crippen molar-refractivity contribution in [3.8, 4) is 0 Å². The maximum absolute atomic E-state index is 12.1. The molecule has 1 fully saturated rings. The van der Waals surface area contributed by atoms with E-state index in [1.54, 1.807) is 0 Å². The molecule has 0 unspecified atom stereocenters. The zero-order chi connectivity index (χ0) is 22.4. The van der Waals surface area contributed by atoms with Gasteiger partial charge in [0.25, 0.3) is 0 Å². The van der Waals surface area contributed by atoms with E-state index in [-0.39, 0.29) is 12.4 Å². The number of carbonyl (C=O) groups excluding carboxylic acids is 4. The van der Waals surface area contributed by atoms with E-state index in [9.17, 15) is 19.2 Å². The largest absolute Gasteiger partial charge is 0.508 e. The number of ether oxygens (including phenoxy) is 5. The van der Waals surface area contributed by atoms with Crippen molar-refractivity contribution < 1.29 is 42.9 Å². The molecule has 166 valence electrons. The second-order valence-corrected chi connectivity index (χ2v) is 6.25. The van der Waals surface area contributed by atoms with E-state index < -0.39 is 60.5 Å². The summed E-state index contributed by atoms with van der Waals surface area (Å²) < 4.78 is 25.5. The van der Waals surface area contributed by atoms with Crippen LogP contribution >= 0.6 is 0 Å². The van der Waals surface area contributed by atoms with Gasteiger partial charge in [-0.1, -0.05) is 0 Å². The van der Waals surface area contributed by atoms with Crippen molar-refractivity contribution in [3.63, 3.8) is 0 Å². The molecule has 30 heavy (non-hydrogen) atoms. The molecule has 14 nitrogen and oxygen atoms in total. The van der Waals surface area contributed by atoms with Crippen LogP contribution in [0.5, 0.6) is 0 Å². The van der Waals surface area contributed by atoms with Gasteiger partial charge in [0.1, 0.15) is 6.61 Å². The Morgan fingerprint density at radius 3 is 2.50 bits per heavy atom. The first-order chi connectivity index (χ1) is 14.2. The molecule has 2 aliphatic rings. The number of esters is 1. The highest BCUT2D eigenvalue weighted by Gasteiger charge is 2.50. The summed E-state index contributed by atoms with van der Waals surface area (Å²) in [4.78, 5) is 47.3. The van der Waals surface area contributed by atoms with Gasteiger partial charge in [-0.25, -0.2) is 14.4 Å². The first kappa shape index (κ1) is 22.6. The number of nitrogens with one attached hydrogen (secondary N) is 4. The highest BCUT2D eigenvalue weighted by atomic mass is 16.8. The van der Waals surface area contributed by atoms with Gasteiger partial charge in [0, 0.05) is 14.0 Å². The summed E-state index contributed by atoms with van der Waals surface area (Å²) in [7, 11) is 2.43. The molecule has 1 saturated heterocycles. The van der Waals surface area contributed by atoms with E-state index in [1.807, 2.05) is 0 Å². The maximum Gasteiger partial charge on any atom is 0.508 e. The van der Waals surface area contributed by atoms with Crippen molar-refractivity contribution in [2.45, 2.75) is 37.3 Å². The van der Waals surface area contributed by atoms with Crippen molar-refractivity contribution in [2.75, 3.05) is 20.8 Å². The number of cyclic esters (lactones) is 2. The summed E-state index contributed by atoms with van der Waals surface area (Å²) in [6.07, 6.45) is -4.30. The lowest BCUT2D eigenvalue weighted by Gasteiger charge is -2.41. The Bertz CT molecular complexity index is 755. The molecule has 0 aromatic rings. The van der Waals surface area contributed by atoms with E-state index in [4.69, 9.17) is 30.1 Å². The summed E-state index contributed by atoms with van der Waals surface area (Å²) in [5.41, 5.74) is 5.42. The van der Waals surface area contributed by atoms with Gasteiger partial charge in [-0.15, -0.1) is 0 Å². The van der Waals surface area contributed by atoms with E-state index >= 15 is 0 Å². The molecule has 0 spiro atoms. The first-order valence-corrected chi connectivity index (χ1v) is 8.72. The second-order valence-electron chi connectivity index (χ2n) is 6.25. The van der Waals surface area contributed by atoms with Crippen molar-refractivity contribution in [2.24, 2.45) is 5.73 Å². The Hall–Kier alpha value is -3.71. The summed E-state index contributed by atoms with van der Waals surface area (Å²) >= 11 is 0. The van der Waals surface area contributed by atoms with Crippen LogP contribution in [0.4, 0.5) is 9.59 Å². The van der Waals surface area contributed by atoms with E-state index in [1.165, 1.54) is 20.0 Å². The lowest BCUT2D eigenvalue weighted by molar-refractivity contribution is -0.147. The smallest absolute Gasteiger partial charge is 0.477 e. The molecule has 0 aromatic carbocycles. The molecular formula is C16H23N5O9. The van der Waals surface area contributed by atoms with E-state index in [2.05, 4.69) is 20.7 Å². The SMILES string of the molecule is CNC(=O)O[C@@H]([C@@H]1OC(C(=O)OC)=C[C@H](NC(=N)N)[C@H]1NC(C)=O)[C@H]1COC(=O)O1. The monoisotopic (exact) mass is 429 g/mol. The summed E-state index contributed by atoms with van der Waals surface area (Å²) in [6, 6.07) is -1.94. The standard InChI is InChI=1S/C16H23N5O9/c1-6(22)20-10-7(21-14(17)18)4-8(13(23)26-3)28-12(10)11(30-15(24)19-2)9-5-27-16(25)29-9/h4,7,9-12H,5H2,1-3H3,(H,19,24)(H,20,22)(H4,17,18,21)/t7-,9+,10+,11+,12+/m0/s1. The molecule has 2 rings (SSSR count). The molecule has 0 aliphatic carbocycles. The van der Waals surface area contributed by atoms with Gasteiger partial charge < -0.3 is 45.4 Å². The number of hydrogen-bond acceptors (Lipinski definition) is 10. The molecule has 0 radical (unpaired) electrons. The maximum atomic E-state index is 12.1. The fourth-order valence-corrected chi connectivity index (χ4v) is 2.98. The minimum absolute atomic E-state index is 0.269. The molecule has 14 heteroatoms. The van der Waals surface area contributed by atoms with Gasteiger partial charge in [-0.2, -0.15) is 0 Å².